The van der Waals surface area contributed by atoms with E-state index >= 15 is 0 Å². The smallest absolute Gasteiger partial charge is 0.330 e. The molecule has 0 aromatic rings. The van der Waals surface area contributed by atoms with Gasteiger partial charge in [-0.15, -0.1) is 0 Å². The van der Waals surface area contributed by atoms with Gasteiger partial charge in [-0.2, -0.15) is 0 Å². The fraction of sp³-hybridized carbons (Fsp3) is 0.667. The Morgan fingerprint density at radius 1 is 1.58 bits per heavy atom. The highest BCUT2D eigenvalue weighted by atomic mass is 16.5. The summed E-state index contributed by atoms with van der Waals surface area (Å²) < 4.78 is 4.69. The van der Waals surface area contributed by atoms with Crippen molar-refractivity contribution in [1.82, 2.24) is 0 Å². The zero-order valence-electron chi connectivity index (χ0n) is 7.75. The molecule has 0 rings (SSSR count). The second-order valence-electron chi connectivity index (χ2n) is 2.56. The van der Waals surface area contributed by atoms with Crippen LogP contribution in [0.5, 0.6) is 0 Å². The molecule has 0 saturated carbocycles. The molecule has 3 nitrogen and oxygen atoms in total. The van der Waals surface area contributed by atoms with E-state index in [9.17, 15) is 4.79 Å². The van der Waals surface area contributed by atoms with Crippen LogP contribution >= 0.6 is 0 Å². The van der Waals surface area contributed by atoms with Crippen LogP contribution in [0.2, 0.25) is 0 Å². The van der Waals surface area contributed by atoms with Crippen LogP contribution in [0.15, 0.2) is 12.2 Å². The van der Waals surface area contributed by atoms with Crippen molar-refractivity contribution in [2.45, 2.75) is 32.7 Å². The lowest BCUT2D eigenvalue weighted by Crippen LogP contribution is -2.17. The summed E-state index contributed by atoms with van der Waals surface area (Å²) in [5.74, 6) is -0.291. The van der Waals surface area contributed by atoms with E-state index in [1.165, 1.54) is 6.08 Å². The van der Waals surface area contributed by atoms with Crippen LogP contribution in [-0.2, 0) is 9.53 Å². The molecule has 3 heteroatoms. The van der Waals surface area contributed by atoms with Gasteiger partial charge < -0.3 is 10.5 Å². The lowest BCUT2D eigenvalue weighted by atomic mass is 10.1. The van der Waals surface area contributed by atoms with Gasteiger partial charge in [-0.05, 0) is 19.8 Å². The van der Waals surface area contributed by atoms with E-state index in [1.807, 2.05) is 6.92 Å². The van der Waals surface area contributed by atoms with Crippen molar-refractivity contribution < 1.29 is 9.53 Å². The molecule has 0 amide bonds. The van der Waals surface area contributed by atoms with Gasteiger partial charge in [-0.3, -0.25) is 0 Å². The maximum absolute atomic E-state index is 10.8. The first-order chi connectivity index (χ1) is 5.70. The SMILES string of the molecule is CCOC(=O)/C=C/CC(N)CC. The lowest BCUT2D eigenvalue weighted by Gasteiger charge is -2.02. The molecule has 0 bridgehead atoms. The molecule has 0 fully saturated rings. The first kappa shape index (κ1) is 11.2. The topological polar surface area (TPSA) is 52.3 Å². The average molecular weight is 171 g/mol. The van der Waals surface area contributed by atoms with E-state index in [0.29, 0.717) is 6.61 Å². The summed E-state index contributed by atoms with van der Waals surface area (Å²) in [5.41, 5.74) is 5.63. The van der Waals surface area contributed by atoms with Crippen LogP contribution in [0.1, 0.15) is 26.7 Å². The molecule has 0 aromatic heterocycles. The molecule has 0 aliphatic carbocycles. The molecule has 0 aliphatic heterocycles. The second kappa shape index (κ2) is 6.85. The van der Waals surface area contributed by atoms with Gasteiger partial charge in [0.2, 0.25) is 0 Å². The fourth-order valence-corrected chi connectivity index (χ4v) is 0.696. The number of hydrogen-bond donors (Lipinski definition) is 1. The Hall–Kier alpha value is -0.830. The third kappa shape index (κ3) is 5.92. The molecule has 70 valence electrons. The average Bonchev–Trinajstić information content (AvgIpc) is 2.04. The zero-order valence-corrected chi connectivity index (χ0v) is 7.75. The van der Waals surface area contributed by atoms with Crippen LogP contribution < -0.4 is 5.73 Å². The Kier molecular flexibility index (Phi) is 6.38. The van der Waals surface area contributed by atoms with Gasteiger partial charge in [0, 0.05) is 12.1 Å². The fourth-order valence-electron chi connectivity index (χ4n) is 0.696. The standard InChI is InChI=1S/C9H17NO2/c1-3-8(10)6-5-7-9(11)12-4-2/h5,7-8H,3-4,6,10H2,1-2H3/b7-5+. The van der Waals surface area contributed by atoms with Crippen LogP contribution in [0.3, 0.4) is 0 Å². The summed E-state index contributed by atoms with van der Waals surface area (Å²) in [5, 5.41) is 0. The van der Waals surface area contributed by atoms with Crippen molar-refractivity contribution in [3.63, 3.8) is 0 Å². The van der Waals surface area contributed by atoms with E-state index < -0.39 is 0 Å². The molecular formula is C9H17NO2. The van der Waals surface area contributed by atoms with Gasteiger partial charge in [-0.25, -0.2) is 4.79 Å². The Labute approximate surface area is 73.6 Å². The van der Waals surface area contributed by atoms with Gasteiger partial charge in [0.05, 0.1) is 6.61 Å². The molecule has 0 aromatic carbocycles. The largest absolute Gasteiger partial charge is 0.463 e. The van der Waals surface area contributed by atoms with Crippen LogP contribution in [-0.4, -0.2) is 18.6 Å². The summed E-state index contributed by atoms with van der Waals surface area (Å²) >= 11 is 0. The molecule has 0 heterocycles. The van der Waals surface area contributed by atoms with Gasteiger partial charge in [-0.1, -0.05) is 13.0 Å². The maximum atomic E-state index is 10.8. The Morgan fingerprint density at radius 2 is 2.25 bits per heavy atom. The number of ether oxygens (including phenoxy) is 1. The number of nitrogens with two attached hydrogens (primary N) is 1. The van der Waals surface area contributed by atoms with Crippen molar-refractivity contribution in [2.24, 2.45) is 5.73 Å². The number of hydrogen-bond acceptors (Lipinski definition) is 3. The predicted molar refractivity (Wildman–Crippen MR) is 48.7 cm³/mol. The number of esters is 1. The molecule has 0 aliphatic rings. The van der Waals surface area contributed by atoms with Gasteiger partial charge >= 0.3 is 5.97 Å². The van der Waals surface area contributed by atoms with E-state index in [-0.39, 0.29) is 12.0 Å². The Bertz CT molecular complexity index is 155. The third-order valence-corrected chi connectivity index (χ3v) is 1.50. The van der Waals surface area contributed by atoms with Gasteiger partial charge in [0.1, 0.15) is 0 Å². The highest BCUT2D eigenvalue weighted by Gasteiger charge is 1.96. The van der Waals surface area contributed by atoms with Crippen LogP contribution in [0, 0.1) is 0 Å². The predicted octanol–water partition coefficient (Wildman–Crippen LogP) is 1.23. The minimum atomic E-state index is -0.291. The van der Waals surface area contributed by atoms with Crippen molar-refractivity contribution in [3.05, 3.63) is 12.2 Å². The number of rotatable bonds is 5. The maximum Gasteiger partial charge on any atom is 0.330 e. The van der Waals surface area contributed by atoms with Crippen LogP contribution in [0.25, 0.3) is 0 Å². The van der Waals surface area contributed by atoms with Crippen molar-refractivity contribution in [2.75, 3.05) is 6.61 Å². The van der Waals surface area contributed by atoms with Gasteiger partial charge in [0.15, 0.2) is 0 Å². The van der Waals surface area contributed by atoms with E-state index in [2.05, 4.69) is 0 Å². The van der Waals surface area contributed by atoms with Gasteiger partial charge in [0.25, 0.3) is 0 Å². The quantitative estimate of drug-likeness (QED) is 0.500. The summed E-state index contributed by atoms with van der Waals surface area (Å²) in [6.07, 6.45) is 4.84. The first-order valence-electron chi connectivity index (χ1n) is 4.29. The lowest BCUT2D eigenvalue weighted by molar-refractivity contribution is -0.137. The summed E-state index contributed by atoms with van der Waals surface area (Å²) in [6.45, 7) is 4.22. The summed E-state index contributed by atoms with van der Waals surface area (Å²) in [6, 6.07) is 0.149. The third-order valence-electron chi connectivity index (χ3n) is 1.50. The summed E-state index contributed by atoms with van der Waals surface area (Å²) in [4.78, 5) is 10.8. The Morgan fingerprint density at radius 3 is 2.75 bits per heavy atom. The van der Waals surface area contributed by atoms with E-state index in [4.69, 9.17) is 10.5 Å². The minimum Gasteiger partial charge on any atom is -0.463 e. The first-order valence-corrected chi connectivity index (χ1v) is 4.29. The van der Waals surface area contributed by atoms with Crippen molar-refractivity contribution in [1.29, 1.82) is 0 Å². The number of carbonyl (C=O) groups excluding carboxylic acids is 1. The van der Waals surface area contributed by atoms with Crippen molar-refractivity contribution in [3.8, 4) is 0 Å². The Balaban J connectivity index is 3.54. The second-order valence-corrected chi connectivity index (χ2v) is 2.56. The highest BCUT2D eigenvalue weighted by molar-refractivity contribution is 5.81. The molecule has 0 radical (unpaired) electrons. The molecule has 0 spiro atoms. The zero-order chi connectivity index (χ0) is 9.40. The van der Waals surface area contributed by atoms with Crippen molar-refractivity contribution >= 4 is 5.97 Å². The monoisotopic (exact) mass is 171 g/mol. The van der Waals surface area contributed by atoms with E-state index in [0.717, 1.165) is 12.8 Å². The molecule has 0 saturated heterocycles. The minimum absolute atomic E-state index is 0.149. The van der Waals surface area contributed by atoms with Crippen LogP contribution in [0.4, 0.5) is 0 Å². The highest BCUT2D eigenvalue weighted by Crippen LogP contribution is 1.94. The molecule has 2 N–H and O–H groups in total. The molecule has 1 atom stereocenters. The van der Waals surface area contributed by atoms with E-state index in [1.54, 1.807) is 13.0 Å². The molecule has 12 heavy (non-hydrogen) atoms. The molecule has 1 unspecified atom stereocenters. The number of carbonyl (C=O) groups is 1. The molecular weight excluding hydrogens is 154 g/mol. The normalized spacial score (nSPS) is 13.2. The summed E-state index contributed by atoms with van der Waals surface area (Å²) in [7, 11) is 0.